The summed E-state index contributed by atoms with van der Waals surface area (Å²) in [7, 11) is 0. The SMILES string of the molecule is Cc1ccc(C(C)C)cc1CNCC(C)(C)CO. The van der Waals surface area contributed by atoms with Crippen LogP contribution in [0.25, 0.3) is 0 Å². The molecule has 18 heavy (non-hydrogen) atoms. The van der Waals surface area contributed by atoms with Crippen molar-refractivity contribution in [2.75, 3.05) is 13.2 Å². The van der Waals surface area contributed by atoms with Crippen LogP contribution in [-0.2, 0) is 6.54 Å². The van der Waals surface area contributed by atoms with E-state index in [1.165, 1.54) is 16.7 Å². The van der Waals surface area contributed by atoms with Crippen LogP contribution in [0, 0.1) is 12.3 Å². The molecule has 1 rings (SSSR count). The highest BCUT2D eigenvalue weighted by molar-refractivity contribution is 5.32. The molecule has 0 saturated heterocycles. The Balaban J connectivity index is 2.64. The zero-order chi connectivity index (χ0) is 13.8. The maximum atomic E-state index is 9.22. The molecule has 1 aromatic rings. The van der Waals surface area contributed by atoms with Crippen LogP contribution >= 0.6 is 0 Å². The quantitative estimate of drug-likeness (QED) is 0.811. The first-order valence-corrected chi connectivity index (χ1v) is 6.77. The van der Waals surface area contributed by atoms with E-state index < -0.39 is 0 Å². The third-order valence-electron chi connectivity index (χ3n) is 3.39. The molecule has 0 atom stereocenters. The highest BCUT2D eigenvalue weighted by Gasteiger charge is 2.15. The average molecular weight is 249 g/mol. The van der Waals surface area contributed by atoms with Gasteiger partial charge in [0.05, 0.1) is 0 Å². The summed E-state index contributed by atoms with van der Waals surface area (Å²) in [5.41, 5.74) is 4.02. The fourth-order valence-electron chi connectivity index (χ4n) is 1.83. The van der Waals surface area contributed by atoms with Crippen molar-refractivity contribution >= 4 is 0 Å². The minimum Gasteiger partial charge on any atom is -0.396 e. The normalized spacial score (nSPS) is 12.2. The Bertz CT molecular complexity index is 383. The van der Waals surface area contributed by atoms with Crippen LogP contribution in [0.15, 0.2) is 18.2 Å². The summed E-state index contributed by atoms with van der Waals surface area (Å²) in [5, 5.41) is 12.7. The zero-order valence-electron chi connectivity index (χ0n) is 12.4. The lowest BCUT2D eigenvalue weighted by Gasteiger charge is -2.22. The molecule has 0 aromatic heterocycles. The molecular weight excluding hydrogens is 222 g/mol. The lowest BCUT2D eigenvalue weighted by atomic mass is 9.94. The molecule has 0 unspecified atom stereocenters. The average Bonchev–Trinajstić information content (AvgIpc) is 2.31. The van der Waals surface area contributed by atoms with E-state index >= 15 is 0 Å². The van der Waals surface area contributed by atoms with Gasteiger partial charge in [-0.15, -0.1) is 0 Å². The summed E-state index contributed by atoms with van der Waals surface area (Å²) in [5.74, 6) is 0.568. The second-order valence-electron chi connectivity index (χ2n) is 6.27. The molecule has 0 radical (unpaired) electrons. The second kappa shape index (κ2) is 6.35. The van der Waals surface area contributed by atoms with Gasteiger partial charge < -0.3 is 10.4 Å². The van der Waals surface area contributed by atoms with Crippen LogP contribution in [0.4, 0.5) is 0 Å². The summed E-state index contributed by atoms with van der Waals surface area (Å²) in [6, 6.07) is 6.70. The maximum absolute atomic E-state index is 9.22. The van der Waals surface area contributed by atoms with Crippen molar-refractivity contribution in [3.63, 3.8) is 0 Å². The first-order valence-electron chi connectivity index (χ1n) is 6.77. The Morgan fingerprint density at radius 1 is 1.28 bits per heavy atom. The number of aliphatic hydroxyl groups is 1. The fraction of sp³-hybridized carbons (Fsp3) is 0.625. The largest absolute Gasteiger partial charge is 0.396 e. The van der Waals surface area contributed by atoms with Crippen LogP contribution in [0.2, 0.25) is 0 Å². The highest BCUT2D eigenvalue weighted by Crippen LogP contribution is 2.19. The summed E-state index contributed by atoms with van der Waals surface area (Å²) < 4.78 is 0. The number of aliphatic hydroxyl groups excluding tert-OH is 1. The minimum atomic E-state index is -0.0520. The second-order valence-corrected chi connectivity index (χ2v) is 6.27. The van der Waals surface area contributed by atoms with E-state index in [1.807, 2.05) is 0 Å². The molecule has 0 aliphatic heterocycles. The number of hydrogen-bond acceptors (Lipinski definition) is 2. The smallest absolute Gasteiger partial charge is 0.0494 e. The zero-order valence-corrected chi connectivity index (χ0v) is 12.4. The molecule has 0 heterocycles. The summed E-state index contributed by atoms with van der Waals surface area (Å²) in [4.78, 5) is 0. The highest BCUT2D eigenvalue weighted by atomic mass is 16.3. The fourth-order valence-corrected chi connectivity index (χ4v) is 1.83. The first kappa shape index (κ1) is 15.2. The number of aryl methyl sites for hydroxylation is 1. The molecule has 0 spiro atoms. The minimum absolute atomic E-state index is 0.0520. The van der Waals surface area contributed by atoms with Crippen molar-refractivity contribution in [1.82, 2.24) is 5.32 Å². The van der Waals surface area contributed by atoms with Gasteiger partial charge in [-0.1, -0.05) is 45.9 Å². The topological polar surface area (TPSA) is 32.3 Å². The van der Waals surface area contributed by atoms with Gasteiger partial charge >= 0.3 is 0 Å². The number of nitrogens with one attached hydrogen (secondary N) is 1. The Morgan fingerprint density at radius 2 is 1.94 bits per heavy atom. The molecule has 0 amide bonds. The monoisotopic (exact) mass is 249 g/mol. The maximum Gasteiger partial charge on any atom is 0.0494 e. The van der Waals surface area contributed by atoms with Gasteiger partial charge in [-0.2, -0.15) is 0 Å². The summed E-state index contributed by atoms with van der Waals surface area (Å²) in [6.07, 6.45) is 0. The Kier molecular flexibility index (Phi) is 5.36. The van der Waals surface area contributed by atoms with E-state index in [9.17, 15) is 5.11 Å². The molecule has 2 nitrogen and oxygen atoms in total. The Morgan fingerprint density at radius 3 is 2.50 bits per heavy atom. The number of rotatable bonds is 6. The molecule has 0 fully saturated rings. The van der Waals surface area contributed by atoms with Gasteiger partial charge in [-0.05, 0) is 29.5 Å². The van der Waals surface area contributed by atoms with Gasteiger partial charge in [0.1, 0.15) is 0 Å². The third-order valence-corrected chi connectivity index (χ3v) is 3.39. The lowest BCUT2D eigenvalue weighted by molar-refractivity contribution is 0.156. The van der Waals surface area contributed by atoms with Crippen LogP contribution in [0.5, 0.6) is 0 Å². The predicted molar refractivity (Wildman–Crippen MR) is 77.8 cm³/mol. The van der Waals surface area contributed by atoms with Crippen molar-refractivity contribution in [2.45, 2.75) is 47.1 Å². The van der Waals surface area contributed by atoms with Gasteiger partial charge in [0.2, 0.25) is 0 Å². The van der Waals surface area contributed by atoms with Crippen molar-refractivity contribution in [3.8, 4) is 0 Å². The van der Waals surface area contributed by atoms with Crippen molar-refractivity contribution in [2.24, 2.45) is 5.41 Å². The molecule has 2 heteroatoms. The molecule has 102 valence electrons. The molecule has 0 aliphatic rings. The van der Waals surface area contributed by atoms with E-state index in [-0.39, 0.29) is 12.0 Å². The van der Waals surface area contributed by atoms with Crippen molar-refractivity contribution in [3.05, 3.63) is 34.9 Å². The molecule has 0 bridgehead atoms. The number of benzene rings is 1. The van der Waals surface area contributed by atoms with Crippen LogP contribution in [-0.4, -0.2) is 18.3 Å². The van der Waals surface area contributed by atoms with Gasteiger partial charge in [0, 0.05) is 25.1 Å². The lowest BCUT2D eigenvalue weighted by Crippen LogP contribution is -2.32. The van der Waals surface area contributed by atoms with Crippen LogP contribution in [0.1, 0.15) is 50.3 Å². The molecular formula is C16H27NO. The van der Waals surface area contributed by atoms with Crippen LogP contribution in [0.3, 0.4) is 0 Å². The Labute approximate surface area is 111 Å². The molecule has 2 N–H and O–H groups in total. The van der Waals surface area contributed by atoms with Gasteiger partial charge in [-0.25, -0.2) is 0 Å². The van der Waals surface area contributed by atoms with Gasteiger partial charge in [0.15, 0.2) is 0 Å². The first-order chi connectivity index (χ1) is 8.35. The number of hydrogen-bond donors (Lipinski definition) is 2. The van der Waals surface area contributed by atoms with E-state index in [0.29, 0.717) is 5.92 Å². The van der Waals surface area contributed by atoms with E-state index in [1.54, 1.807) is 0 Å². The van der Waals surface area contributed by atoms with Gasteiger partial charge in [-0.3, -0.25) is 0 Å². The Hall–Kier alpha value is -0.860. The van der Waals surface area contributed by atoms with Crippen LogP contribution < -0.4 is 5.32 Å². The molecule has 0 saturated carbocycles. The van der Waals surface area contributed by atoms with E-state index in [2.05, 4.69) is 58.1 Å². The summed E-state index contributed by atoms with van der Waals surface area (Å²) >= 11 is 0. The molecule has 0 aliphatic carbocycles. The van der Waals surface area contributed by atoms with E-state index in [0.717, 1.165) is 13.1 Å². The summed E-state index contributed by atoms with van der Waals surface area (Å²) in [6.45, 7) is 12.6. The van der Waals surface area contributed by atoms with Crippen molar-refractivity contribution in [1.29, 1.82) is 0 Å². The van der Waals surface area contributed by atoms with Crippen molar-refractivity contribution < 1.29 is 5.11 Å². The van der Waals surface area contributed by atoms with E-state index in [4.69, 9.17) is 0 Å². The standard InChI is InChI=1S/C16H27NO/c1-12(2)14-7-6-13(3)15(8-14)9-17-10-16(4,5)11-18/h6-8,12,17-18H,9-11H2,1-5H3. The van der Waals surface area contributed by atoms with Gasteiger partial charge in [0.25, 0.3) is 0 Å². The third kappa shape index (κ3) is 4.43. The predicted octanol–water partition coefficient (Wildman–Crippen LogP) is 3.23. The molecule has 1 aromatic carbocycles.